The standard InChI is InChI=1S/C18H14N2O/c1-20-16-8-4-5-9-17(16)21-18(20)12-13-10-11-19-15-7-3-2-6-14(13)15/h2-12H,1H3/b18-12-. The minimum atomic E-state index is 0.826. The third-order valence-corrected chi connectivity index (χ3v) is 3.73. The lowest BCUT2D eigenvalue weighted by Crippen LogP contribution is -2.12. The van der Waals surface area contributed by atoms with Crippen molar-refractivity contribution in [1.82, 2.24) is 4.98 Å². The molecule has 21 heavy (non-hydrogen) atoms. The Bertz CT molecular complexity index is 849. The van der Waals surface area contributed by atoms with Gasteiger partial charge in [-0.15, -0.1) is 0 Å². The molecule has 3 aromatic rings. The summed E-state index contributed by atoms with van der Waals surface area (Å²) >= 11 is 0. The largest absolute Gasteiger partial charge is 0.439 e. The molecule has 3 nitrogen and oxygen atoms in total. The molecule has 1 aliphatic rings. The number of rotatable bonds is 1. The molecule has 0 unspecified atom stereocenters. The molecule has 0 radical (unpaired) electrons. The molecular weight excluding hydrogens is 260 g/mol. The smallest absolute Gasteiger partial charge is 0.201 e. The molecule has 0 saturated heterocycles. The SMILES string of the molecule is CN1/C(=C/c2ccnc3ccccc23)Oc2ccccc21. The zero-order valence-electron chi connectivity index (χ0n) is 11.7. The number of benzene rings is 2. The lowest BCUT2D eigenvalue weighted by Gasteiger charge is -2.11. The maximum absolute atomic E-state index is 5.94. The second-order valence-corrected chi connectivity index (χ2v) is 5.03. The summed E-state index contributed by atoms with van der Waals surface area (Å²) in [5.41, 5.74) is 3.18. The van der Waals surface area contributed by atoms with Gasteiger partial charge in [-0.2, -0.15) is 0 Å². The maximum atomic E-state index is 5.94. The summed E-state index contributed by atoms with van der Waals surface area (Å²) < 4.78 is 5.94. The molecule has 0 amide bonds. The monoisotopic (exact) mass is 274 g/mol. The van der Waals surface area contributed by atoms with E-state index < -0.39 is 0 Å². The Kier molecular flexibility index (Phi) is 2.64. The summed E-state index contributed by atoms with van der Waals surface area (Å²) in [6.45, 7) is 0. The second kappa shape index (κ2) is 4.63. The van der Waals surface area contributed by atoms with Gasteiger partial charge in [-0.25, -0.2) is 0 Å². The van der Waals surface area contributed by atoms with Crippen molar-refractivity contribution in [3.63, 3.8) is 0 Å². The van der Waals surface area contributed by atoms with Crippen LogP contribution in [0.1, 0.15) is 5.56 Å². The van der Waals surface area contributed by atoms with Crippen LogP contribution in [0.2, 0.25) is 0 Å². The molecule has 0 bridgehead atoms. The molecular formula is C18H14N2O. The van der Waals surface area contributed by atoms with Gasteiger partial charge in [0.05, 0.1) is 11.2 Å². The minimum Gasteiger partial charge on any atom is -0.439 e. The molecule has 4 rings (SSSR count). The first kappa shape index (κ1) is 12.0. The average Bonchev–Trinajstić information content (AvgIpc) is 2.85. The van der Waals surface area contributed by atoms with Gasteiger partial charge >= 0.3 is 0 Å². The van der Waals surface area contributed by atoms with E-state index in [0.717, 1.165) is 33.8 Å². The summed E-state index contributed by atoms with van der Waals surface area (Å²) in [5, 5.41) is 1.13. The predicted octanol–water partition coefficient (Wildman–Crippen LogP) is 4.06. The first-order valence-corrected chi connectivity index (χ1v) is 6.89. The van der Waals surface area contributed by atoms with Gasteiger partial charge in [-0.3, -0.25) is 4.98 Å². The summed E-state index contributed by atoms with van der Waals surface area (Å²) in [6.07, 6.45) is 3.89. The van der Waals surface area contributed by atoms with Gasteiger partial charge < -0.3 is 9.64 Å². The van der Waals surface area contributed by atoms with Gasteiger partial charge in [-0.1, -0.05) is 30.3 Å². The lowest BCUT2D eigenvalue weighted by molar-refractivity contribution is 0.449. The topological polar surface area (TPSA) is 25.4 Å². The fourth-order valence-electron chi connectivity index (χ4n) is 2.62. The summed E-state index contributed by atoms with van der Waals surface area (Å²) in [5.74, 6) is 1.72. The number of hydrogen-bond acceptors (Lipinski definition) is 3. The van der Waals surface area contributed by atoms with E-state index >= 15 is 0 Å². The first-order valence-electron chi connectivity index (χ1n) is 6.89. The Hall–Kier alpha value is -2.81. The van der Waals surface area contributed by atoms with Crippen LogP contribution in [0.4, 0.5) is 5.69 Å². The lowest BCUT2D eigenvalue weighted by atomic mass is 10.1. The van der Waals surface area contributed by atoms with Gasteiger partial charge in [0.2, 0.25) is 5.88 Å². The van der Waals surface area contributed by atoms with Crippen molar-refractivity contribution < 1.29 is 4.74 Å². The number of anilines is 1. The number of ether oxygens (including phenoxy) is 1. The van der Waals surface area contributed by atoms with Crippen LogP contribution < -0.4 is 9.64 Å². The van der Waals surface area contributed by atoms with Crippen LogP contribution >= 0.6 is 0 Å². The third-order valence-electron chi connectivity index (χ3n) is 3.73. The molecule has 3 heteroatoms. The van der Waals surface area contributed by atoms with Crippen LogP contribution in [-0.4, -0.2) is 12.0 Å². The molecule has 0 atom stereocenters. The molecule has 0 aliphatic carbocycles. The maximum Gasteiger partial charge on any atom is 0.201 e. The zero-order chi connectivity index (χ0) is 14.2. The Morgan fingerprint density at radius 3 is 2.71 bits per heavy atom. The highest BCUT2D eigenvalue weighted by Crippen LogP contribution is 2.38. The summed E-state index contributed by atoms with van der Waals surface area (Å²) in [7, 11) is 2.01. The van der Waals surface area contributed by atoms with E-state index in [-0.39, 0.29) is 0 Å². The molecule has 0 fully saturated rings. The van der Waals surface area contributed by atoms with Crippen molar-refractivity contribution in [2.24, 2.45) is 0 Å². The van der Waals surface area contributed by atoms with Crippen molar-refractivity contribution in [3.05, 3.63) is 72.2 Å². The molecule has 1 aliphatic heterocycles. The van der Waals surface area contributed by atoms with Crippen LogP contribution in [0.5, 0.6) is 5.75 Å². The summed E-state index contributed by atoms with van der Waals surface area (Å²) in [4.78, 5) is 6.45. The fraction of sp³-hybridized carbons (Fsp3) is 0.0556. The van der Waals surface area contributed by atoms with E-state index in [1.54, 1.807) is 0 Å². The minimum absolute atomic E-state index is 0.826. The van der Waals surface area contributed by atoms with Crippen molar-refractivity contribution in [2.75, 3.05) is 11.9 Å². The number of pyridine rings is 1. The van der Waals surface area contributed by atoms with E-state index in [1.165, 1.54) is 0 Å². The highest BCUT2D eigenvalue weighted by Gasteiger charge is 2.22. The Morgan fingerprint density at radius 1 is 1.00 bits per heavy atom. The predicted molar refractivity (Wildman–Crippen MR) is 85.2 cm³/mol. The first-order chi connectivity index (χ1) is 10.3. The van der Waals surface area contributed by atoms with E-state index in [2.05, 4.69) is 28.1 Å². The van der Waals surface area contributed by atoms with Crippen molar-refractivity contribution in [1.29, 1.82) is 0 Å². The molecule has 102 valence electrons. The van der Waals surface area contributed by atoms with Gasteiger partial charge in [0, 0.05) is 24.7 Å². The fourth-order valence-corrected chi connectivity index (χ4v) is 2.62. The molecule has 0 spiro atoms. The summed E-state index contributed by atoms with van der Waals surface area (Å²) in [6, 6.07) is 18.2. The van der Waals surface area contributed by atoms with Crippen LogP contribution in [0.25, 0.3) is 17.0 Å². The molecule has 0 N–H and O–H groups in total. The number of nitrogens with zero attached hydrogens (tertiary/aromatic N) is 2. The number of aromatic nitrogens is 1. The van der Waals surface area contributed by atoms with Crippen LogP contribution in [0.15, 0.2) is 66.7 Å². The van der Waals surface area contributed by atoms with Crippen molar-refractivity contribution >= 4 is 22.7 Å². The van der Waals surface area contributed by atoms with Crippen LogP contribution in [0, 0.1) is 0 Å². The molecule has 2 aromatic carbocycles. The third kappa shape index (κ3) is 1.94. The average molecular weight is 274 g/mol. The highest BCUT2D eigenvalue weighted by molar-refractivity contribution is 5.88. The Labute approximate surface area is 123 Å². The molecule has 0 saturated carbocycles. The molecule has 1 aromatic heterocycles. The Morgan fingerprint density at radius 2 is 1.81 bits per heavy atom. The van der Waals surface area contributed by atoms with E-state index in [4.69, 9.17) is 4.74 Å². The van der Waals surface area contributed by atoms with Gasteiger partial charge in [0.15, 0.2) is 5.75 Å². The number of fused-ring (bicyclic) bond motifs is 2. The number of hydrogen-bond donors (Lipinski definition) is 0. The molecule has 2 heterocycles. The van der Waals surface area contributed by atoms with Gasteiger partial charge in [-0.05, 0) is 29.8 Å². The highest BCUT2D eigenvalue weighted by atomic mass is 16.5. The zero-order valence-corrected chi connectivity index (χ0v) is 11.7. The van der Waals surface area contributed by atoms with Crippen molar-refractivity contribution in [2.45, 2.75) is 0 Å². The van der Waals surface area contributed by atoms with Crippen LogP contribution in [0.3, 0.4) is 0 Å². The normalized spacial score (nSPS) is 15.3. The van der Waals surface area contributed by atoms with E-state index in [9.17, 15) is 0 Å². The Balaban J connectivity index is 1.82. The van der Waals surface area contributed by atoms with E-state index in [1.807, 2.05) is 55.7 Å². The van der Waals surface area contributed by atoms with Gasteiger partial charge in [0.1, 0.15) is 0 Å². The van der Waals surface area contributed by atoms with Crippen LogP contribution in [-0.2, 0) is 0 Å². The number of para-hydroxylation sites is 3. The van der Waals surface area contributed by atoms with Crippen molar-refractivity contribution in [3.8, 4) is 5.75 Å². The quantitative estimate of drug-likeness (QED) is 0.669. The second-order valence-electron chi connectivity index (χ2n) is 5.03. The van der Waals surface area contributed by atoms with Gasteiger partial charge in [0.25, 0.3) is 0 Å². The van der Waals surface area contributed by atoms with E-state index in [0.29, 0.717) is 0 Å².